The SMILES string of the molecule is O=C=Nc1ccc(NC(=O)OCCCC(=O)N(O)c2ccc(C=O)cc2)cc1. The van der Waals surface area contributed by atoms with Gasteiger partial charge in [0.05, 0.1) is 18.0 Å². The summed E-state index contributed by atoms with van der Waals surface area (Å²) in [5.41, 5.74) is 1.51. The van der Waals surface area contributed by atoms with E-state index in [-0.39, 0.29) is 25.1 Å². The molecule has 0 heterocycles. The number of nitrogens with one attached hydrogen (secondary N) is 1. The molecule has 0 saturated carbocycles. The first kappa shape index (κ1) is 20.5. The molecule has 0 aliphatic rings. The average molecular weight is 383 g/mol. The Hall–Kier alpha value is -3.81. The number of hydrogen-bond acceptors (Lipinski definition) is 7. The first-order valence-corrected chi connectivity index (χ1v) is 8.22. The van der Waals surface area contributed by atoms with Gasteiger partial charge in [0.1, 0.15) is 6.29 Å². The molecule has 0 spiro atoms. The number of amides is 2. The van der Waals surface area contributed by atoms with Crippen LogP contribution in [-0.4, -0.2) is 36.2 Å². The van der Waals surface area contributed by atoms with Crippen molar-refractivity contribution < 1.29 is 29.1 Å². The van der Waals surface area contributed by atoms with E-state index >= 15 is 0 Å². The normalized spacial score (nSPS) is 9.75. The second-order valence-corrected chi connectivity index (χ2v) is 5.53. The van der Waals surface area contributed by atoms with Crippen LogP contribution < -0.4 is 10.4 Å². The molecule has 2 aromatic rings. The van der Waals surface area contributed by atoms with Crippen molar-refractivity contribution in [1.82, 2.24) is 0 Å². The van der Waals surface area contributed by atoms with Gasteiger partial charge in [0.15, 0.2) is 0 Å². The van der Waals surface area contributed by atoms with Gasteiger partial charge in [0, 0.05) is 17.7 Å². The quantitative estimate of drug-likeness (QED) is 0.180. The lowest BCUT2D eigenvalue weighted by Crippen LogP contribution is -2.27. The van der Waals surface area contributed by atoms with E-state index in [1.807, 2.05) is 0 Å². The number of hydrogen-bond donors (Lipinski definition) is 2. The van der Waals surface area contributed by atoms with E-state index in [1.54, 1.807) is 12.1 Å². The lowest BCUT2D eigenvalue weighted by atomic mass is 10.2. The van der Waals surface area contributed by atoms with E-state index in [0.717, 1.165) is 0 Å². The third-order valence-electron chi connectivity index (χ3n) is 3.57. The minimum atomic E-state index is -0.704. The Labute approximate surface area is 160 Å². The number of hydroxylamine groups is 1. The predicted octanol–water partition coefficient (Wildman–Crippen LogP) is 3.22. The Bertz CT molecular complexity index is 874. The van der Waals surface area contributed by atoms with Crippen molar-refractivity contribution in [2.75, 3.05) is 17.0 Å². The van der Waals surface area contributed by atoms with E-state index in [0.29, 0.717) is 28.3 Å². The summed E-state index contributed by atoms with van der Waals surface area (Å²) in [5.74, 6) is -0.575. The molecule has 2 N–H and O–H groups in total. The molecule has 0 saturated heterocycles. The summed E-state index contributed by atoms with van der Waals surface area (Å²) in [7, 11) is 0. The molecule has 2 aromatic carbocycles. The number of aliphatic imine (C=N–C) groups is 1. The lowest BCUT2D eigenvalue weighted by Gasteiger charge is -2.15. The van der Waals surface area contributed by atoms with Crippen molar-refractivity contribution in [3.63, 3.8) is 0 Å². The number of isocyanates is 1. The number of rotatable bonds is 8. The van der Waals surface area contributed by atoms with Gasteiger partial charge in [-0.2, -0.15) is 10.1 Å². The van der Waals surface area contributed by atoms with Gasteiger partial charge < -0.3 is 4.74 Å². The largest absolute Gasteiger partial charge is 0.449 e. The third-order valence-corrected chi connectivity index (χ3v) is 3.57. The maximum absolute atomic E-state index is 11.9. The fourth-order valence-corrected chi connectivity index (χ4v) is 2.16. The molecule has 9 nitrogen and oxygen atoms in total. The van der Waals surface area contributed by atoms with Crippen molar-refractivity contribution >= 4 is 41.4 Å². The van der Waals surface area contributed by atoms with E-state index in [2.05, 4.69) is 10.3 Å². The highest BCUT2D eigenvalue weighted by atomic mass is 16.5. The Balaban J connectivity index is 1.71. The zero-order valence-corrected chi connectivity index (χ0v) is 14.7. The number of benzene rings is 2. The van der Waals surface area contributed by atoms with Crippen molar-refractivity contribution in [1.29, 1.82) is 0 Å². The fraction of sp³-hybridized carbons (Fsp3) is 0.158. The molecule has 2 amide bonds. The molecular formula is C19H17N3O6. The molecule has 28 heavy (non-hydrogen) atoms. The van der Waals surface area contributed by atoms with Crippen molar-refractivity contribution in [2.45, 2.75) is 12.8 Å². The number of carbonyl (C=O) groups excluding carboxylic acids is 4. The zero-order chi connectivity index (χ0) is 20.4. The van der Waals surface area contributed by atoms with Crippen LogP contribution in [0.3, 0.4) is 0 Å². The molecule has 0 aliphatic heterocycles. The summed E-state index contributed by atoms with van der Waals surface area (Å²) in [5, 5.41) is 12.8. The zero-order valence-electron chi connectivity index (χ0n) is 14.7. The van der Waals surface area contributed by atoms with Gasteiger partial charge in [-0.1, -0.05) is 0 Å². The Kier molecular flexibility index (Phi) is 7.59. The molecule has 0 unspecified atom stereocenters. The lowest BCUT2D eigenvalue weighted by molar-refractivity contribution is -0.123. The van der Waals surface area contributed by atoms with Crippen LogP contribution in [-0.2, 0) is 14.3 Å². The topological polar surface area (TPSA) is 125 Å². The molecular weight excluding hydrogens is 366 g/mol. The second kappa shape index (κ2) is 10.4. The van der Waals surface area contributed by atoms with E-state index in [4.69, 9.17) is 4.74 Å². The van der Waals surface area contributed by atoms with E-state index < -0.39 is 12.0 Å². The van der Waals surface area contributed by atoms with Crippen LogP contribution in [0.1, 0.15) is 23.2 Å². The third kappa shape index (κ3) is 6.17. The fourth-order valence-electron chi connectivity index (χ4n) is 2.16. The molecule has 0 atom stereocenters. The van der Waals surface area contributed by atoms with Crippen LogP contribution in [0.2, 0.25) is 0 Å². The van der Waals surface area contributed by atoms with Crippen molar-refractivity contribution in [3.8, 4) is 0 Å². The van der Waals surface area contributed by atoms with Crippen LogP contribution in [0, 0.1) is 0 Å². The second-order valence-electron chi connectivity index (χ2n) is 5.53. The van der Waals surface area contributed by atoms with Crippen LogP contribution in [0.25, 0.3) is 0 Å². The summed E-state index contributed by atoms with van der Waals surface area (Å²) >= 11 is 0. The minimum absolute atomic E-state index is 0.0248. The highest BCUT2D eigenvalue weighted by molar-refractivity contribution is 5.91. The Morgan fingerprint density at radius 3 is 2.43 bits per heavy atom. The molecule has 0 fully saturated rings. The maximum Gasteiger partial charge on any atom is 0.411 e. The number of carbonyl (C=O) groups is 3. The van der Waals surface area contributed by atoms with E-state index in [9.17, 15) is 24.4 Å². The molecule has 0 aromatic heterocycles. The first-order valence-electron chi connectivity index (χ1n) is 8.22. The summed E-state index contributed by atoms with van der Waals surface area (Å²) in [6.45, 7) is -0.0248. The number of anilines is 2. The summed E-state index contributed by atoms with van der Waals surface area (Å²) in [6, 6.07) is 12.0. The molecule has 144 valence electrons. The van der Waals surface area contributed by atoms with Gasteiger partial charge in [-0.15, -0.1) is 0 Å². The van der Waals surface area contributed by atoms with Crippen molar-refractivity contribution in [2.24, 2.45) is 4.99 Å². The molecule has 0 aliphatic carbocycles. The Morgan fingerprint density at radius 1 is 1.14 bits per heavy atom. The van der Waals surface area contributed by atoms with Gasteiger partial charge >= 0.3 is 6.09 Å². The summed E-state index contributed by atoms with van der Waals surface area (Å²) < 4.78 is 4.96. The van der Waals surface area contributed by atoms with Crippen LogP contribution >= 0.6 is 0 Å². The van der Waals surface area contributed by atoms with Gasteiger partial charge in [0.2, 0.25) is 6.08 Å². The summed E-state index contributed by atoms with van der Waals surface area (Å²) in [6.07, 6.45) is 1.53. The van der Waals surface area contributed by atoms with Gasteiger partial charge in [-0.3, -0.25) is 20.1 Å². The van der Waals surface area contributed by atoms with Crippen LogP contribution in [0.15, 0.2) is 53.5 Å². The van der Waals surface area contributed by atoms with Gasteiger partial charge in [0.25, 0.3) is 5.91 Å². The molecule has 2 rings (SSSR count). The number of nitrogens with zero attached hydrogens (tertiary/aromatic N) is 2. The molecule has 0 bridgehead atoms. The highest BCUT2D eigenvalue weighted by Crippen LogP contribution is 2.16. The molecule has 0 radical (unpaired) electrons. The monoisotopic (exact) mass is 383 g/mol. The summed E-state index contributed by atoms with van der Waals surface area (Å²) in [4.78, 5) is 47.8. The Morgan fingerprint density at radius 2 is 1.82 bits per heavy atom. The van der Waals surface area contributed by atoms with Gasteiger partial charge in [-0.25, -0.2) is 9.59 Å². The van der Waals surface area contributed by atoms with Crippen molar-refractivity contribution in [3.05, 3.63) is 54.1 Å². The average Bonchev–Trinajstić information content (AvgIpc) is 2.72. The maximum atomic E-state index is 11.9. The first-order chi connectivity index (χ1) is 13.5. The smallest absolute Gasteiger partial charge is 0.411 e. The number of aldehydes is 1. The van der Waals surface area contributed by atoms with Crippen LogP contribution in [0.5, 0.6) is 0 Å². The van der Waals surface area contributed by atoms with Gasteiger partial charge in [-0.05, 0) is 55.0 Å². The predicted molar refractivity (Wildman–Crippen MR) is 99.5 cm³/mol. The van der Waals surface area contributed by atoms with E-state index in [1.165, 1.54) is 42.5 Å². The minimum Gasteiger partial charge on any atom is -0.449 e. The standard InChI is InChI=1S/C19H17N3O6/c23-12-14-3-9-17(10-4-14)22(27)18(25)2-1-11-28-19(26)21-16-7-5-15(6-8-16)20-13-24/h3-10,12,27H,1-2,11H2,(H,21,26). The highest BCUT2D eigenvalue weighted by Gasteiger charge is 2.13. The number of ether oxygens (including phenoxy) is 1. The van der Waals surface area contributed by atoms with Crippen LogP contribution in [0.4, 0.5) is 21.9 Å². The molecule has 9 heteroatoms.